The maximum Gasteiger partial charge on any atom is 0.343 e. The quantitative estimate of drug-likeness (QED) is 0.301. The summed E-state index contributed by atoms with van der Waals surface area (Å²) in [6.45, 7) is 2.23. The summed E-state index contributed by atoms with van der Waals surface area (Å²) < 4.78 is 15.1. The third-order valence-electron chi connectivity index (χ3n) is 5.42. The molecule has 0 aliphatic heterocycles. The first kappa shape index (κ1) is 22.5. The van der Waals surface area contributed by atoms with Gasteiger partial charge in [-0.05, 0) is 36.1 Å². The number of nitrogens with zero attached hydrogens (tertiary/aromatic N) is 4. The van der Waals surface area contributed by atoms with Gasteiger partial charge in [0, 0.05) is 0 Å². The van der Waals surface area contributed by atoms with E-state index in [9.17, 15) is 9.59 Å². The van der Waals surface area contributed by atoms with Crippen molar-refractivity contribution in [1.82, 2.24) is 19.6 Å². The molecule has 176 valence electrons. The molecule has 0 bridgehead atoms. The fraction of sp³-hybridized carbons (Fsp3) is 0.154. The molecule has 2 aromatic carbocycles. The van der Waals surface area contributed by atoms with Crippen LogP contribution in [-0.2, 0) is 17.9 Å². The summed E-state index contributed by atoms with van der Waals surface area (Å²) in [7, 11) is 0. The van der Waals surface area contributed by atoms with Crippen molar-refractivity contribution in [3.05, 3.63) is 105 Å². The lowest BCUT2D eigenvalue weighted by atomic mass is 10.2. The first-order valence-electron chi connectivity index (χ1n) is 11.1. The minimum Gasteiger partial charge on any atom is -0.482 e. The number of rotatable bonds is 8. The van der Waals surface area contributed by atoms with Gasteiger partial charge in [-0.3, -0.25) is 9.36 Å². The zero-order chi connectivity index (χ0) is 24.2. The van der Waals surface area contributed by atoms with Gasteiger partial charge in [0.05, 0.1) is 35.3 Å². The topological polar surface area (TPSA) is 88.2 Å². The number of benzene rings is 2. The highest BCUT2D eigenvalue weighted by Crippen LogP contribution is 2.31. The van der Waals surface area contributed by atoms with Gasteiger partial charge in [-0.1, -0.05) is 53.7 Å². The third kappa shape index (κ3) is 4.58. The monoisotopic (exact) mass is 486 g/mol. The zero-order valence-corrected chi connectivity index (χ0v) is 19.8. The second-order valence-corrected chi connectivity index (χ2v) is 8.63. The highest BCUT2D eigenvalue weighted by atomic mass is 32.1. The molecule has 0 amide bonds. The molecule has 5 aromatic rings. The summed E-state index contributed by atoms with van der Waals surface area (Å²) >= 11 is 1.36. The van der Waals surface area contributed by atoms with Gasteiger partial charge in [-0.25, -0.2) is 9.48 Å². The van der Waals surface area contributed by atoms with Crippen LogP contribution < -0.4 is 10.3 Å². The van der Waals surface area contributed by atoms with E-state index in [1.807, 2.05) is 72.1 Å². The van der Waals surface area contributed by atoms with Crippen LogP contribution in [0.3, 0.4) is 0 Å². The predicted molar refractivity (Wildman–Crippen MR) is 133 cm³/mol. The molecule has 0 N–H and O–H groups in total. The van der Waals surface area contributed by atoms with Gasteiger partial charge in [0.15, 0.2) is 0 Å². The van der Waals surface area contributed by atoms with Crippen molar-refractivity contribution in [1.29, 1.82) is 0 Å². The minimum absolute atomic E-state index is 0.0299. The second-order valence-electron chi connectivity index (χ2n) is 7.72. The first-order valence-corrected chi connectivity index (χ1v) is 12.0. The van der Waals surface area contributed by atoms with Gasteiger partial charge in [0.25, 0.3) is 5.56 Å². The normalized spacial score (nSPS) is 11.0. The van der Waals surface area contributed by atoms with Crippen LogP contribution in [0.4, 0.5) is 0 Å². The third-order valence-corrected chi connectivity index (χ3v) is 6.34. The van der Waals surface area contributed by atoms with Gasteiger partial charge in [0.1, 0.15) is 17.9 Å². The molecule has 0 aliphatic rings. The van der Waals surface area contributed by atoms with E-state index in [1.165, 1.54) is 11.3 Å². The van der Waals surface area contributed by atoms with Crippen molar-refractivity contribution in [2.24, 2.45) is 0 Å². The van der Waals surface area contributed by atoms with Crippen LogP contribution in [-0.4, -0.2) is 32.1 Å². The van der Waals surface area contributed by atoms with Crippen LogP contribution in [0.15, 0.2) is 83.1 Å². The van der Waals surface area contributed by atoms with Crippen molar-refractivity contribution in [2.75, 3.05) is 6.61 Å². The number of thiophene rings is 1. The number of aromatic nitrogens is 4. The molecule has 0 unspecified atom stereocenters. The summed E-state index contributed by atoms with van der Waals surface area (Å²) in [5.74, 6) is -0.611. The summed E-state index contributed by atoms with van der Waals surface area (Å²) in [5.41, 5.74) is 2.69. The molecule has 3 aromatic heterocycles. The molecule has 0 aliphatic carbocycles. The Kier molecular flexibility index (Phi) is 6.40. The molecule has 3 heterocycles. The molecular weight excluding hydrogens is 464 g/mol. The number of ether oxygens (including phenoxy) is 2. The van der Waals surface area contributed by atoms with Crippen molar-refractivity contribution in [3.8, 4) is 11.4 Å². The van der Waals surface area contributed by atoms with E-state index in [2.05, 4.69) is 10.3 Å². The zero-order valence-electron chi connectivity index (χ0n) is 19.0. The summed E-state index contributed by atoms with van der Waals surface area (Å²) in [6, 6.07) is 20.9. The molecule has 0 radical (unpaired) electrons. The molecule has 8 nitrogen and oxygen atoms in total. The van der Waals surface area contributed by atoms with Gasteiger partial charge >= 0.3 is 5.97 Å². The van der Waals surface area contributed by atoms with Crippen LogP contribution in [0.2, 0.25) is 0 Å². The van der Waals surface area contributed by atoms with Crippen LogP contribution in [0, 0.1) is 0 Å². The van der Waals surface area contributed by atoms with Crippen molar-refractivity contribution in [3.63, 3.8) is 0 Å². The van der Waals surface area contributed by atoms with E-state index in [1.54, 1.807) is 22.4 Å². The second kappa shape index (κ2) is 9.94. The van der Waals surface area contributed by atoms with Crippen molar-refractivity contribution in [2.45, 2.75) is 20.1 Å². The van der Waals surface area contributed by atoms with E-state index < -0.39 is 11.5 Å². The lowest BCUT2D eigenvalue weighted by molar-refractivity contribution is 0.0523. The Morgan fingerprint density at radius 3 is 2.51 bits per heavy atom. The molecule has 5 rings (SSSR count). The Labute approximate surface area is 205 Å². The molecule has 0 fully saturated rings. The number of carbonyl (C=O) groups excluding carboxylic acids is 1. The van der Waals surface area contributed by atoms with Crippen LogP contribution in [0.5, 0.6) is 5.75 Å². The van der Waals surface area contributed by atoms with Gasteiger partial charge in [-0.2, -0.15) is 0 Å². The highest BCUT2D eigenvalue weighted by Gasteiger charge is 2.26. The average molecular weight is 487 g/mol. The Bertz CT molecular complexity index is 1520. The lowest BCUT2D eigenvalue weighted by Crippen LogP contribution is -2.26. The minimum atomic E-state index is -0.581. The van der Waals surface area contributed by atoms with Crippen LogP contribution >= 0.6 is 11.3 Å². The Balaban J connectivity index is 1.58. The van der Waals surface area contributed by atoms with Crippen LogP contribution in [0.1, 0.15) is 28.5 Å². The highest BCUT2D eigenvalue weighted by molar-refractivity contribution is 7.17. The SMILES string of the molecule is CCOC(=O)c1c(OCc2ccccc2)c(=O)n(Cc2cn(-c3ccccc3)nn2)c2ccsc12. The fourth-order valence-corrected chi connectivity index (χ4v) is 4.72. The molecule has 0 atom stereocenters. The maximum atomic E-state index is 13.7. The van der Waals surface area contributed by atoms with Crippen molar-refractivity contribution >= 4 is 27.5 Å². The van der Waals surface area contributed by atoms with Crippen LogP contribution in [0.25, 0.3) is 15.9 Å². The summed E-state index contributed by atoms with van der Waals surface area (Å²) in [6.07, 6.45) is 1.78. The number of para-hydroxylation sites is 1. The van der Waals surface area contributed by atoms with E-state index >= 15 is 0 Å². The molecule has 0 saturated heterocycles. The Hall–Kier alpha value is -4.24. The molecule has 0 saturated carbocycles. The Morgan fingerprint density at radius 1 is 1.03 bits per heavy atom. The number of hydrogen-bond acceptors (Lipinski definition) is 7. The average Bonchev–Trinajstić information content (AvgIpc) is 3.56. The molecule has 9 heteroatoms. The van der Waals surface area contributed by atoms with Gasteiger partial charge in [-0.15, -0.1) is 16.4 Å². The number of fused-ring (bicyclic) bond motifs is 1. The summed E-state index contributed by atoms with van der Waals surface area (Å²) in [5, 5.41) is 10.3. The van der Waals surface area contributed by atoms with Crippen molar-refractivity contribution < 1.29 is 14.3 Å². The molecule has 0 spiro atoms. The summed E-state index contributed by atoms with van der Waals surface area (Å²) in [4.78, 5) is 26.6. The van der Waals surface area contributed by atoms with E-state index in [0.717, 1.165) is 11.3 Å². The standard InChI is InChI=1S/C26H22N4O4S/c1-2-33-26(32)22-23(34-17-18-9-5-3-6-10-18)25(31)29(21-13-14-35-24(21)22)15-19-16-30(28-27-19)20-11-7-4-8-12-20/h3-14,16H,2,15,17H2,1H3. The number of carbonyl (C=O) groups is 1. The van der Waals surface area contributed by atoms with Gasteiger partial charge < -0.3 is 9.47 Å². The number of hydrogen-bond donors (Lipinski definition) is 0. The molecular formula is C26H22N4O4S. The smallest absolute Gasteiger partial charge is 0.343 e. The first-order chi connectivity index (χ1) is 17.2. The van der Waals surface area contributed by atoms with E-state index in [0.29, 0.717) is 15.9 Å². The van der Waals surface area contributed by atoms with Gasteiger partial charge in [0.2, 0.25) is 5.75 Å². The number of pyridine rings is 1. The van der Waals surface area contributed by atoms with E-state index in [4.69, 9.17) is 9.47 Å². The number of esters is 1. The maximum absolute atomic E-state index is 13.7. The lowest BCUT2D eigenvalue weighted by Gasteiger charge is -2.15. The predicted octanol–water partition coefficient (Wildman–Crippen LogP) is 4.45. The molecule has 35 heavy (non-hydrogen) atoms. The fourth-order valence-electron chi connectivity index (χ4n) is 3.79. The van der Waals surface area contributed by atoms with E-state index in [-0.39, 0.29) is 31.1 Å². The Morgan fingerprint density at radius 2 is 1.77 bits per heavy atom. The largest absolute Gasteiger partial charge is 0.482 e.